The van der Waals surface area contributed by atoms with E-state index >= 15 is 0 Å². The molecule has 0 bridgehead atoms. The molecule has 0 saturated carbocycles. The summed E-state index contributed by atoms with van der Waals surface area (Å²) in [4.78, 5) is 0. The summed E-state index contributed by atoms with van der Waals surface area (Å²) in [6, 6.07) is 0. The minimum atomic E-state index is -2.64. The molecule has 0 N–H and O–H groups in total. The lowest BCUT2D eigenvalue weighted by Gasteiger charge is -1.90. The highest BCUT2D eigenvalue weighted by Crippen LogP contribution is 2.01. The van der Waals surface area contributed by atoms with Gasteiger partial charge in [-0.15, -0.1) is 6.42 Å². The Kier molecular flexibility index (Phi) is 0.406. The van der Waals surface area contributed by atoms with E-state index in [1.54, 1.807) is 0 Å². The summed E-state index contributed by atoms with van der Waals surface area (Å²) < 4.78 is 43.3. The molecule has 46 valence electrons. The van der Waals surface area contributed by atoms with E-state index in [9.17, 15) is 0 Å². The first-order valence-corrected chi connectivity index (χ1v) is 2.23. The molecule has 0 unspecified atom stereocenters. The van der Waals surface area contributed by atoms with Crippen LogP contribution < -0.4 is 0 Å². The zero-order valence-corrected chi connectivity index (χ0v) is 4.55. The predicted octanol–water partition coefficient (Wildman–Crippen LogP) is 0.710. The zero-order chi connectivity index (χ0) is 11.9. The van der Waals surface area contributed by atoms with E-state index in [0.717, 1.165) is 6.20 Å². The zero-order valence-electron chi connectivity index (χ0n) is 10.5. The lowest BCUT2D eigenvalue weighted by Crippen LogP contribution is -1.92. The predicted molar refractivity (Wildman–Crippen MR) is 35.9 cm³/mol. The fraction of sp³-hybridized carbons (Fsp3) is 0.286. The van der Waals surface area contributed by atoms with Crippen molar-refractivity contribution in [2.75, 3.05) is 0 Å². The second-order valence-electron chi connectivity index (χ2n) is 1.46. The quantitative estimate of drug-likeness (QED) is 0.468. The number of rotatable bonds is 0. The Morgan fingerprint density at radius 1 is 2.00 bits per heavy atom. The summed E-state index contributed by atoms with van der Waals surface area (Å²) in [6.45, 7) is -5.23. The van der Waals surface area contributed by atoms with Gasteiger partial charge in [0.15, 0.2) is 0 Å². The van der Waals surface area contributed by atoms with E-state index in [1.807, 2.05) is 0 Å². The number of terminal acetylenes is 1. The van der Waals surface area contributed by atoms with Gasteiger partial charge in [-0.05, 0) is 6.85 Å². The minimum absolute atomic E-state index is 0.0221. The summed E-state index contributed by atoms with van der Waals surface area (Å²) >= 11 is 0. The topological polar surface area (TPSA) is 17.8 Å². The highest BCUT2D eigenvalue weighted by atomic mass is 15.3. The van der Waals surface area contributed by atoms with Crippen molar-refractivity contribution in [3.05, 3.63) is 17.5 Å². The first kappa shape index (κ1) is 1.88. The fourth-order valence-corrected chi connectivity index (χ4v) is 0.454. The third-order valence-corrected chi connectivity index (χ3v) is 0.925. The lowest BCUT2D eigenvalue weighted by atomic mass is 10.3. The Labute approximate surface area is 62.9 Å². The number of aromatic nitrogens is 2. The van der Waals surface area contributed by atoms with Crippen LogP contribution in [0.15, 0.2) is 6.20 Å². The third-order valence-electron chi connectivity index (χ3n) is 0.925. The van der Waals surface area contributed by atoms with Gasteiger partial charge in [-0.3, -0.25) is 4.68 Å². The summed E-state index contributed by atoms with van der Waals surface area (Å²) in [6.07, 6.45) is 6.13. The molecule has 0 saturated heterocycles. The van der Waals surface area contributed by atoms with Crippen molar-refractivity contribution in [3.8, 4) is 12.3 Å². The third kappa shape index (κ3) is 0.812. The molecule has 1 aromatic heterocycles. The average Bonchev–Trinajstić information content (AvgIpc) is 2.44. The van der Waals surface area contributed by atoms with Crippen LogP contribution in [0.25, 0.3) is 0 Å². The monoisotopic (exact) mass is 126 g/mol. The highest BCUT2D eigenvalue weighted by Gasteiger charge is 1.96. The van der Waals surface area contributed by atoms with Crippen LogP contribution in [0, 0.1) is 19.2 Å². The van der Waals surface area contributed by atoms with Gasteiger partial charge in [0.1, 0.15) is 0 Å². The van der Waals surface area contributed by atoms with Crippen LogP contribution in [0.2, 0.25) is 0 Å². The molecule has 0 aliphatic rings. The number of hydrogen-bond acceptors (Lipinski definition) is 1. The smallest absolute Gasteiger partial charge is 0.0651 e. The van der Waals surface area contributed by atoms with Gasteiger partial charge in [0, 0.05) is 15.2 Å². The van der Waals surface area contributed by atoms with Crippen LogP contribution >= 0.6 is 0 Å². The molecule has 2 nitrogen and oxygen atoms in total. The van der Waals surface area contributed by atoms with Crippen LogP contribution in [0.1, 0.15) is 19.5 Å². The van der Waals surface area contributed by atoms with Crippen LogP contribution in [0.3, 0.4) is 0 Å². The van der Waals surface area contributed by atoms with Crippen molar-refractivity contribution < 1.29 is 8.22 Å². The van der Waals surface area contributed by atoms with Gasteiger partial charge >= 0.3 is 0 Å². The maximum absolute atomic E-state index is 7.18. The van der Waals surface area contributed by atoms with E-state index in [-0.39, 0.29) is 5.56 Å². The first-order chi connectivity index (χ1) is 6.68. The standard InChI is InChI=1S/C7H8N2/c1-4-7-5-8-9(3)6(7)2/h1,5H,2-3H3/i2D3,3D3. The molecule has 0 fully saturated rings. The number of aryl methyl sites for hydroxylation is 1. The summed E-state index contributed by atoms with van der Waals surface area (Å²) in [5.74, 6) is 2.10. The van der Waals surface area contributed by atoms with Gasteiger partial charge in [0.25, 0.3) is 0 Å². The molecular weight excluding hydrogens is 112 g/mol. The molecule has 1 rings (SSSR count). The van der Waals surface area contributed by atoms with Gasteiger partial charge in [-0.1, -0.05) is 5.92 Å². The molecule has 0 aliphatic heterocycles. The van der Waals surface area contributed by atoms with Gasteiger partial charge in [0.2, 0.25) is 0 Å². The van der Waals surface area contributed by atoms with Crippen molar-refractivity contribution in [1.29, 1.82) is 0 Å². The Bertz CT molecular complexity index is 405. The molecule has 0 aliphatic carbocycles. The Balaban J connectivity index is 3.46. The summed E-state index contributed by atoms with van der Waals surface area (Å²) in [5.41, 5.74) is -0.448. The Morgan fingerprint density at radius 3 is 3.44 bits per heavy atom. The van der Waals surface area contributed by atoms with Crippen molar-refractivity contribution >= 4 is 0 Å². The molecule has 0 radical (unpaired) electrons. The molecular formula is C7H8N2. The van der Waals surface area contributed by atoms with E-state index in [2.05, 4.69) is 11.0 Å². The largest absolute Gasteiger partial charge is 0.272 e. The number of nitrogens with zero attached hydrogens (tertiary/aromatic N) is 2. The van der Waals surface area contributed by atoms with Gasteiger partial charge in [-0.2, -0.15) is 5.10 Å². The van der Waals surface area contributed by atoms with Gasteiger partial charge < -0.3 is 0 Å². The highest BCUT2D eigenvalue weighted by molar-refractivity contribution is 5.33. The molecule has 9 heavy (non-hydrogen) atoms. The van der Waals surface area contributed by atoms with E-state index < -0.39 is 19.5 Å². The van der Waals surface area contributed by atoms with E-state index in [1.165, 1.54) is 0 Å². The van der Waals surface area contributed by atoms with Crippen molar-refractivity contribution in [2.45, 2.75) is 6.85 Å². The second-order valence-corrected chi connectivity index (χ2v) is 1.46. The molecule has 0 spiro atoms. The van der Waals surface area contributed by atoms with Crippen LogP contribution in [-0.4, -0.2) is 9.78 Å². The molecule has 0 amide bonds. The normalized spacial score (nSPS) is 21.7. The molecule has 1 aromatic rings. The van der Waals surface area contributed by atoms with Gasteiger partial charge in [-0.25, -0.2) is 0 Å². The van der Waals surface area contributed by atoms with E-state index in [4.69, 9.17) is 14.6 Å². The van der Waals surface area contributed by atoms with Crippen LogP contribution in [0.5, 0.6) is 0 Å². The summed E-state index contributed by atoms with van der Waals surface area (Å²) in [7, 11) is 0. The maximum Gasteiger partial charge on any atom is 0.0651 e. The van der Waals surface area contributed by atoms with Crippen molar-refractivity contribution in [1.82, 2.24) is 9.78 Å². The first-order valence-electron chi connectivity index (χ1n) is 5.23. The molecule has 1 heterocycles. The van der Waals surface area contributed by atoms with E-state index in [0.29, 0.717) is 4.68 Å². The summed E-state index contributed by atoms with van der Waals surface area (Å²) in [5, 5.41) is 3.48. The van der Waals surface area contributed by atoms with Crippen molar-refractivity contribution in [3.63, 3.8) is 0 Å². The van der Waals surface area contributed by atoms with Gasteiger partial charge in [0.05, 0.1) is 17.5 Å². The molecule has 0 aromatic carbocycles. The Morgan fingerprint density at radius 2 is 2.89 bits per heavy atom. The van der Waals surface area contributed by atoms with Crippen molar-refractivity contribution in [2.24, 2.45) is 6.98 Å². The minimum Gasteiger partial charge on any atom is -0.272 e. The maximum atomic E-state index is 7.18. The number of hydrogen-bond donors (Lipinski definition) is 0. The SMILES string of the molecule is [2H]C([2H])([2H])c1c(C#C)cnn1C([2H])([2H])[2H]. The fourth-order valence-electron chi connectivity index (χ4n) is 0.454. The van der Waals surface area contributed by atoms with Crippen LogP contribution in [0.4, 0.5) is 0 Å². The Hall–Kier alpha value is -1.23. The average molecular weight is 126 g/mol. The lowest BCUT2D eigenvalue weighted by molar-refractivity contribution is 0.740. The molecule has 0 atom stereocenters. The second kappa shape index (κ2) is 1.94. The molecule has 2 heteroatoms. The van der Waals surface area contributed by atoms with Crippen LogP contribution in [-0.2, 0) is 6.98 Å².